The lowest BCUT2D eigenvalue weighted by molar-refractivity contribution is 0.313. The molecular formula is C17H18BrNO. The lowest BCUT2D eigenvalue weighted by atomic mass is 10.1. The van der Waals surface area contributed by atoms with Crippen LogP contribution in [0.2, 0.25) is 0 Å². The first-order valence-electron chi connectivity index (χ1n) is 7.03. The maximum absolute atomic E-state index is 5.72. The van der Waals surface area contributed by atoms with Crippen LogP contribution in [0.15, 0.2) is 53.0 Å². The average molecular weight is 332 g/mol. The Hall–Kier alpha value is -1.32. The molecule has 1 saturated carbocycles. The van der Waals surface area contributed by atoms with Gasteiger partial charge in [-0.25, -0.2) is 0 Å². The highest BCUT2D eigenvalue weighted by Crippen LogP contribution is 2.24. The first kappa shape index (κ1) is 13.7. The van der Waals surface area contributed by atoms with Crippen molar-refractivity contribution in [1.29, 1.82) is 0 Å². The number of benzene rings is 2. The molecule has 3 rings (SSSR count). The maximum atomic E-state index is 5.72. The van der Waals surface area contributed by atoms with E-state index in [1.54, 1.807) is 0 Å². The molecule has 0 heterocycles. The molecule has 104 valence electrons. The third-order valence-electron chi connectivity index (χ3n) is 3.41. The van der Waals surface area contributed by atoms with E-state index in [0.717, 1.165) is 29.4 Å². The molecule has 0 spiro atoms. The molecule has 3 heteroatoms. The summed E-state index contributed by atoms with van der Waals surface area (Å²) < 4.78 is 6.83. The van der Waals surface area contributed by atoms with Gasteiger partial charge in [-0.1, -0.05) is 40.2 Å². The largest absolute Gasteiger partial charge is 0.492 e. The van der Waals surface area contributed by atoms with Crippen LogP contribution in [0.25, 0.3) is 11.1 Å². The fourth-order valence-electron chi connectivity index (χ4n) is 2.11. The molecule has 2 nitrogen and oxygen atoms in total. The van der Waals surface area contributed by atoms with Crippen molar-refractivity contribution in [2.45, 2.75) is 18.9 Å². The first-order valence-corrected chi connectivity index (χ1v) is 7.83. The second kappa shape index (κ2) is 6.42. The number of nitrogens with one attached hydrogen (secondary N) is 1. The van der Waals surface area contributed by atoms with Gasteiger partial charge in [0.1, 0.15) is 12.4 Å². The Morgan fingerprint density at radius 3 is 2.15 bits per heavy atom. The van der Waals surface area contributed by atoms with Crippen LogP contribution in [0.4, 0.5) is 0 Å². The number of halogens is 1. The minimum absolute atomic E-state index is 0.730. The minimum atomic E-state index is 0.730. The summed E-state index contributed by atoms with van der Waals surface area (Å²) in [6.07, 6.45) is 2.64. The van der Waals surface area contributed by atoms with Gasteiger partial charge in [0, 0.05) is 17.1 Å². The van der Waals surface area contributed by atoms with Gasteiger partial charge in [-0.05, 0) is 48.2 Å². The monoisotopic (exact) mass is 331 g/mol. The topological polar surface area (TPSA) is 21.3 Å². The summed E-state index contributed by atoms with van der Waals surface area (Å²) in [5.74, 6) is 0.934. The van der Waals surface area contributed by atoms with Crippen LogP contribution in [0, 0.1) is 0 Å². The Bertz CT molecular complexity index is 546. The summed E-state index contributed by atoms with van der Waals surface area (Å²) >= 11 is 3.45. The highest BCUT2D eigenvalue weighted by molar-refractivity contribution is 9.10. The van der Waals surface area contributed by atoms with Crippen LogP contribution in [0.3, 0.4) is 0 Å². The van der Waals surface area contributed by atoms with E-state index in [1.165, 1.54) is 24.0 Å². The van der Waals surface area contributed by atoms with E-state index in [9.17, 15) is 0 Å². The zero-order valence-electron chi connectivity index (χ0n) is 11.3. The molecule has 0 aromatic heterocycles. The van der Waals surface area contributed by atoms with E-state index < -0.39 is 0 Å². The van der Waals surface area contributed by atoms with E-state index in [-0.39, 0.29) is 0 Å². The predicted molar refractivity (Wildman–Crippen MR) is 86.1 cm³/mol. The van der Waals surface area contributed by atoms with Gasteiger partial charge in [0.2, 0.25) is 0 Å². The van der Waals surface area contributed by atoms with Gasteiger partial charge < -0.3 is 10.1 Å². The molecule has 0 amide bonds. The Labute approximate surface area is 128 Å². The Morgan fingerprint density at radius 2 is 1.55 bits per heavy atom. The van der Waals surface area contributed by atoms with Gasteiger partial charge in [0.15, 0.2) is 0 Å². The van der Waals surface area contributed by atoms with Gasteiger partial charge in [-0.3, -0.25) is 0 Å². The SMILES string of the molecule is Brc1ccc(-c2ccc(OCCNC3CC3)cc2)cc1. The van der Waals surface area contributed by atoms with Gasteiger partial charge in [0.05, 0.1) is 0 Å². The molecule has 0 radical (unpaired) electrons. The van der Waals surface area contributed by atoms with E-state index in [1.807, 2.05) is 12.1 Å². The number of hydrogen-bond donors (Lipinski definition) is 1. The predicted octanol–water partition coefficient (Wildman–Crippen LogP) is 4.25. The molecule has 2 aromatic rings. The van der Waals surface area contributed by atoms with Gasteiger partial charge in [-0.15, -0.1) is 0 Å². The summed E-state index contributed by atoms with van der Waals surface area (Å²) in [7, 11) is 0. The second-order valence-electron chi connectivity index (χ2n) is 5.11. The molecule has 20 heavy (non-hydrogen) atoms. The molecule has 1 aliphatic carbocycles. The third-order valence-corrected chi connectivity index (χ3v) is 3.94. The molecule has 1 N–H and O–H groups in total. The smallest absolute Gasteiger partial charge is 0.119 e. The normalized spacial score (nSPS) is 14.2. The van der Waals surface area contributed by atoms with Crippen molar-refractivity contribution in [2.75, 3.05) is 13.2 Å². The third kappa shape index (κ3) is 3.84. The Balaban J connectivity index is 1.54. The molecule has 0 aliphatic heterocycles. The molecular weight excluding hydrogens is 314 g/mol. The average Bonchev–Trinajstić information content (AvgIpc) is 3.29. The summed E-state index contributed by atoms with van der Waals surface area (Å²) in [5, 5.41) is 3.44. The Morgan fingerprint density at radius 1 is 0.950 bits per heavy atom. The number of hydrogen-bond acceptors (Lipinski definition) is 2. The highest BCUT2D eigenvalue weighted by Gasteiger charge is 2.19. The maximum Gasteiger partial charge on any atom is 0.119 e. The van der Waals surface area contributed by atoms with Crippen molar-refractivity contribution in [1.82, 2.24) is 5.32 Å². The van der Waals surface area contributed by atoms with E-state index in [2.05, 4.69) is 57.6 Å². The van der Waals surface area contributed by atoms with Crippen molar-refractivity contribution in [2.24, 2.45) is 0 Å². The molecule has 0 bridgehead atoms. The van der Waals surface area contributed by atoms with Crippen molar-refractivity contribution in [3.05, 3.63) is 53.0 Å². The lowest BCUT2D eigenvalue weighted by Gasteiger charge is -2.08. The van der Waals surface area contributed by atoms with Crippen LogP contribution in [0.5, 0.6) is 5.75 Å². The van der Waals surface area contributed by atoms with E-state index in [4.69, 9.17) is 4.74 Å². The molecule has 0 atom stereocenters. The second-order valence-corrected chi connectivity index (χ2v) is 6.02. The molecule has 2 aromatic carbocycles. The van der Waals surface area contributed by atoms with Crippen LogP contribution >= 0.6 is 15.9 Å². The fourth-order valence-corrected chi connectivity index (χ4v) is 2.37. The zero-order valence-corrected chi connectivity index (χ0v) is 12.9. The molecule has 0 unspecified atom stereocenters. The van der Waals surface area contributed by atoms with Crippen LogP contribution in [0.1, 0.15) is 12.8 Å². The first-order chi connectivity index (χ1) is 9.81. The van der Waals surface area contributed by atoms with Crippen LogP contribution in [-0.2, 0) is 0 Å². The van der Waals surface area contributed by atoms with Crippen LogP contribution in [-0.4, -0.2) is 19.2 Å². The summed E-state index contributed by atoms with van der Waals surface area (Å²) in [5.41, 5.74) is 2.43. The Kier molecular flexibility index (Phi) is 4.38. The lowest BCUT2D eigenvalue weighted by Crippen LogP contribution is -2.22. The number of ether oxygens (including phenoxy) is 1. The van der Waals surface area contributed by atoms with Crippen molar-refractivity contribution in [3.8, 4) is 16.9 Å². The summed E-state index contributed by atoms with van der Waals surface area (Å²) in [4.78, 5) is 0. The van der Waals surface area contributed by atoms with E-state index >= 15 is 0 Å². The standard InChI is InChI=1S/C17H18BrNO/c18-15-5-1-13(2-6-15)14-3-9-17(10-4-14)20-12-11-19-16-7-8-16/h1-6,9-10,16,19H,7-8,11-12H2. The highest BCUT2D eigenvalue weighted by atomic mass is 79.9. The molecule has 1 fully saturated rings. The zero-order chi connectivity index (χ0) is 13.8. The van der Waals surface area contributed by atoms with Gasteiger partial charge >= 0.3 is 0 Å². The molecule has 0 saturated heterocycles. The van der Waals surface area contributed by atoms with Crippen LogP contribution < -0.4 is 10.1 Å². The fraction of sp³-hybridized carbons (Fsp3) is 0.294. The van der Waals surface area contributed by atoms with Crippen molar-refractivity contribution < 1.29 is 4.74 Å². The van der Waals surface area contributed by atoms with Crippen molar-refractivity contribution >= 4 is 15.9 Å². The van der Waals surface area contributed by atoms with E-state index in [0.29, 0.717) is 0 Å². The summed E-state index contributed by atoms with van der Waals surface area (Å²) in [6, 6.07) is 17.4. The quantitative estimate of drug-likeness (QED) is 0.799. The minimum Gasteiger partial charge on any atom is -0.492 e. The van der Waals surface area contributed by atoms with Gasteiger partial charge in [-0.2, -0.15) is 0 Å². The van der Waals surface area contributed by atoms with Crippen molar-refractivity contribution in [3.63, 3.8) is 0 Å². The number of rotatable bonds is 6. The van der Waals surface area contributed by atoms with Gasteiger partial charge in [0.25, 0.3) is 0 Å². The summed E-state index contributed by atoms with van der Waals surface area (Å²) in [6.45, 7) is 1.66. The molecule has 1 aliphatic rings.